The molecule has 26 heavy (non-hydrogen) atoms. The summed E-state index contributed by atoms with van der Waals surface area (Å²) in [6.07, 6.45) is 0.0674. The summed E-state index contributed by atoms with van der Waals surface area (Å²) >= 11 is 0. The van der Waals surface area contributed by atoms with Crippen molar-refractivity contribution in [2.24, 2.45) is 0 Å². The van der Waals surface area contributed by atoms with Crippen LogP contribution >= 0.6 is 0 Å². The zero-order valence-electron chi connectivity index (χ0n) is 14.2. The molecule has 0 aliphatic carbocycles. The van der Waals surface area contributed by atoms with Crippen molar-refractivity contribution in [3.05, 3.63) is 65.2 Å². The molecule has 2 aromatic carbocycles. The average molecular weight is 361 g/mol. The van der Waals surface area contributed by atoms with Crippen LogP contribution in [-0.4, -0.2) is 54.9 Å². The fourth-order valence-electron chi connectivity index (χ4n) is 2.50. The van der Waals surface area contributed by atoms with Gasteiger partial charge in [0.25, 0.3) is 0 Å². The van der Waals surface area contributed by atoms with Crippen LogP contribution in [-0.2, 0) is 4.79 Å². The van der Waals surface area contributed by atoms with Crippen LogP contribution < -0.4 is 9.47 Å². The van der Waals surface area contributed by atoms with Crippen molar-refractivity contribution in [3.8, 4) is 17.6 Å². The van der Waals surface area contributed by atoms with E-state index in [0.717, 1.165) is 11.1 Å². The number of carboxylic acid groups (broad SMARTS) is 1. The van der Waals surface area contributed by atoms with Crippen molar-refractivity contribution in [1.82, 2.24) is 0 Å². The number of rotatable bonds is 7. The summed E-state index contributed by atoms with van der Waals surface area (Å²) in [6, 6.07) is 16.8. The first-order chi connectivity index (χ1) is 12.1. The maximum absolute atomic E-state index is 10.9. The Labute approximate surface area is 175 Å². The third-order valence-electron chi connectivity index (χ3n) is 3.78. The van der Waals surface area contributed by atoms with Gasteiger partial charge in [0, 0.05) is 11.1 Å². The van der Waals surface area contributed by atoms with E-state index in [-0.39, 0.29) is 42.4 Å². The zero-order valence-corrected chi connectivity index (χ0v) is 14.2. The molecule has 2 rings (SSSR count). The molecule has 0 atom stereocenters. The summed E-state index contributed by atoms with van der Waals surface area (Å²) in [4.78, 5) is 10.9. The van der Waals surface area contributed by atoms with Crippen LogP contribution in [0.25, 0.3) is 5.57 Å². The molecule has 0 radical (unpaired) electrons. The Hall–Kier alpha value is -2.26. The predicted octanol–water partition coefficient (Wildman–Crippen LogP) is 3.25. The summed E-state index contributed by atoms with van der Waals surface area (Å²) in [7, 11) is 3.17. The predicted molar refractivity (Wildman–Crippen MR) is 102 cm³/mol. The number of allylic oxidation sites excluding steroid dienone is 1. The van der Waals surface area contributed by atoms with Crippen LogP contribution in [0.3, 0.4) is 0 Å². The fraction of sp³-hybridized carbons (Fsp3) is 0.200. The zero-order chi connectivity index (χ0) is 18.2. The number of nitrogens with zero attached hydrogens (tertiary/aromatic N) is 1. The molecule has 0 spiro atoms. The van der Waals surface area contributed by atoms with Crippen molar-refractivity contribution in [2.45, 2.75) is 12.8 Å². The first-order valence-corrected chi connectivity index (χ1v) is 7.73. The number of methoxy groups -OCH3 is 2. The SMILES string of the molecule is COc1ccc(C(=C(C#N)CCC(=O)O)c2ccc(OC)cc2)cc1.[NaH]. The molecule has 0 fully saturated rings. The quantitative estimate of drug-likeness (QED) is 0.605. The van der Waals surface area contributed by atoms with Crippen molar-refractivity contribution in [3.63, 3.8) is 0 Å². The second kappa shape index (κ2) is 10.7. The van der Waals surface area contributed by atoms with Gasteiger partial charge < -0.3 is 14.6 Å². The van der Waals surface area contributed by atoms with Crippen LogP contribution in [0.2, 0.25) is 0 Å². The number of carboxylic acids is 1. The van der Waals surface area contributed by atoms with Gasteiger partial charge in [0.2, 0.25) is 0 Å². The van der Waals surface area contributed by atoms with Crippen molar-refractivity contribution < 1.29 is 19.4 Å². The van der Waals surface area contributed by atoms with E-state index in [2.05, 4.69) is 6.07 Å². The van der Waals surface area contributed by atoms with Gasteiger partial charge in [-0.1, -0.05) is 24.3 Å². The van der Waals surface area contributed by atoms with Gasteiger partial charge in [-0.3, -0.25) is 4.79 Å². The Morgan fingerprint density at radius 3 is 1.65 bits per heavy atom. The molecule has 6 heteroatoms. The van der Waals surface area contributed by atoms with Crippen molar-refractivity contribution >= 4 is 41.1 Å². The molecule has 0 amide bonds. The summed E-state index contributed by atoms with van der Waals surface area (Å²) in [5.74, 6) is 0.486. The second-order valence-corrected chi connectivity index (χ2v) is 5.32. The van der Waals surface area contributed by atoms with Crippen LogP contribution in [0.4, 0.5) is 0 Å². The van der Waals surface area contributed by atoms with E-state index >= 15 is 0 Å². The molecule has 0 unspecified atom stereocenters. The molecule has 0 saturated heterocycles. The van der Waals surface area contributed by atoms with Gasteiger partial charge in [0.15, 0.2) is 0 Å². The standard InChI is InChI=1S/C20H19NO4.Na.H/c1-24-17-8-3-14(4-9-17)20(16(13-21)7-12-19(22)23)15-5-10-18(25-2)11-6-15;;/h3-6,8-11H,7,12H2,1-2H3,(H,22,23);;. The molecule has 0 aromatic heterocycles. The third-order valence-corrected chi connectivity index (χ3v) is 3.78. The molecule has 130 valence electrons. The minimum absolute atomic E-state index is 0. The Bertz CT molecular complexity index is 756. The molecule has 1 N–H and O–H groups in total. The van der Waals surface area contributed by atoms with E-state index in [1.165, 1.54) is 0 Å². The molecular weight excluding hydrogens is 341 g/mol. The van der Waals surface area contributed by atoms with E-state index in [0.29, 0.717) is 22.6 Å². The normalized spacial score (nSPS) is 9.42. The molecule has 0 aliphatic heterocycles. The first-order valence-electron chi connectivity index (χ1n) is 7.73. The Morgan fingerprint density at radius 2 is 1.35 bits per heavy atom. The van der Waals surface area contributed by atoms with E-state index in [1.54, 1.807) is 14.2 Å². The van der Waals surface area contributed by atoms with Gasteiger partial charge >= 0.3 is 35.5 Å². The molecule has 0 heterocycles. The Balaban J connectivity index is 0.00000338. The van der Waals surface area contributed by atoms with Crippen LogP contribution in [0.5, 0.6) is 11.5 Å². The number of hydrogen-bond acceptors (Lipinski definition) is 4. The molecule has 0 aliphatic rings. The number of nitriles is 1. The summed E-state index contributed by atoms with van der Waals surface area (Å²) in [5, 5.41) is 18.5. The third kappa shape index (κ3) is 5.63. The van der Waals surface area contributed by atoms with E-state index in [4.69, 9.17) is 14.6 Å². The second-order valence-electron chi connectivity index (χ2n) is 5.32. The monoisotopic (exact) mass is 361 g/mol. The maximum atomic E-state index is 10.9. The topological polar surface area (TPSA) is 79.5 Å². The molecule has 0 bridgehead atoms. The fourth-order valence-corrected chi connectivity index (χ4v) is 2.50. The summed E-state index contributed by atoms with van der Waals surface area (Å²) in [5.41, 5.74) is 2.80. The van der Waals surface area contributed by atoms with Gasteiger partial charge in [-0.05, 0) is 41.8 Å². The number of hydrogen-bond donors (Lipinski definition) is 1. The molecule has 2 aromatic rings. The first kappa shape index (κ1) is 21.8. The van der Waals surface area contributed by atoms with Crippen LogP contribution in [0.1, 0.15) is 24.0 Å². The van der Waals surface area contributed by atoms with Gasteiger partial charge in [-0.15, -0.1) is 0 Å². The van der Waals surface area contributed by atoms with Gasteiger partial charge in [-0.2, -0.15) is 5.26 Å². The van der Waals surface area contributed by atoms with Gasteiger partial charge in [0.05, 0.1) is 26.7 Å². The number of carbonyl (C=O) groups is 1. The molecular formula is C20H20NNaO4. The minimum atomic E-state index is -0.934. The average Bonchev–Trinajstić information content (AvgIpc) is 2.65. The van der Waals surface area contributed by atoms with E-state index in [9.17, 15) is 10.1 Å². The van der Waals surface area contributed by atoms with E-state index < -0.39 is 5.97 Å². The van der Waals surface area contributed by atoms with Gasteiger partial charge in [0.1, 0.15) is 11.5 Å². The number of ether oxygens (including phenoxy) is 2. The summed E-state index contributed by atoms with van der Waals surface area (Å²) in [6.45, 7) is 0. The summed E-state index contributed by atoms with van der Waals surface area (Å²) < 4.78 is 10.4. The van der Waals surface area contributed by atoms with Gasteiger partial charge in [-0.25, -0.2) is 0 Å². The molecule has 0 saturated carbocycles. The number of aliphatic carboxylic acids is 1. The van der Waals surface area contributed by atoms with Crippen molar-refractivity contribution in [1.29, 1.82) is 5.26 Å². The Kier molecular flexibility index (Phi) is 8.94. The molecule has 5 nitrogen and oxygen atoms in total. The van der Waals surface area contributed by atoms with Crippen LogP contribution in [0, 0.1) is 11.3 Å². The number of benzene rings is 2. The van der Waals surface area contributed by atoms with Crippen LogP contribution in [0.15, 0.2) is 54.1 Å². The van der Waals surface area contributed by atoms with Crippen molar-refractivity contribution in [2.75, 3.05) is 14.2 Å². The van der Waals surface area contributed by atoms with E-state index in [1.807, 2.05) is 48.5 Å². The Morgan fingerprint density at radius 1 is 0.923 bits per heavy atom.